The average molecular weight is 303 g/mol. The first-order valence-electron chi connectivity index (χ1n) is 5.62. The van der Waals surface area contributed by atoms with Gasteiger partial charge in [0.2, 0.25) is 0 Å². The molecule has 4 heteroatoms. The van der Waals surface area contributed by atoms with Crippen molar-refractivity contribution in [1.29, 1.82) is 0 Å². The Morgan fingerprint density at radius 2 is 2.06 bits per heavy atom. The number of nitrogens with zero attached hydrogens (tertiary/aromatic N) is 2. The number of rotatable bonds is 2. The largest absolute Gasteiger partial charge is 0.508 e. The molecule has 1 N–H and O–H groups in total. The minimum absolute atomic E-state index is 0.259. The van der Waals surface area contributed by atoms with Crippen LogP contribution in [0.1, 0.15) is 11.4 Å². The first-order valence-corrected chi connectivity index (χ1v) is 6.42. The van der Waals surface area contributed by atoms with Gasteiger partial charge in [-0.2, -0.15) is 0 Å². The summed E-state index contributed by atoms with van der Waals surface area (Å²) in [6.45, 7) is 0. The van der Waals surface area contributed by atoms with Gasteiger partial charge in [0.25, 0.3) is 0 Å². The van der Waals surface area contributed by atoms with Crippen LogP contribution in [0.25, 0.3) is 5.52 Å². The van der Waals surface area contributed by atoms with E-state index in [1.165, 1.54) is 5.56 Å². The Morgan fingerprint density at radius 1 is 1.22 bits per heavy atom. The van der Waals surface area contributed by atoms with E-state index in [1.54, 1.807) is 18.3 Å². The quantitative estimate of drug-likeness (QED) is 0.788. The third-order valence-electron chi connectivity index (χ3n) is 2.90. The minimum atomic E-state index is 0.259. The number of aromatic nitrogens is 2. The van der Waals surface area contributed by atoms with Crippen LogP contribution in [0.3, 0.4) is 0 Å². The Kier molecular flexibility index (Phi) is 2.80. The zero-order chi connectivity index (χ0) is 12.5. The molecular formula is C14H11BrN2O. The molecule has 0 aliphatic rings. The van der Waals surface area contributed by atoms with Gasteiger partial charge in [0.1, 0.15) is 11.6 Å². The second-order valence-corrected chi connectivity index (χ2v) is 4.98. The van der Waals surface area contributed by atoms with Crippen LogP contribution >= 0.6 is 15.9 Å². The lowest BCUT2D eigenvalue weighted by Gasteiger charge is -2.04. The summed E-state index contributed by atoms with van der Waals surface area (Å²) in [6, 6.07) is 11.5. The smallest absolute Gasteiger partial charge is 0.119 e. The molecule has 1 aromatic carbocycles. The molecule has 2 aromatic heterocycles. The minimum Gasteiger partial charge on any atom is -0.508 e. The SMILES string of the molecule is Oc1ccn2c(Cc3ccccc3Br)ncc2c1. The maximum Gasteiger partial charge on any atom is 0.119 e. The number of aromatic hydroxyl groups is 1. The van der Waals surface area contributed by atoms with Crippen molar-refractivity contribution >= 4 is 21.4 Å². The molecule has 3 aromatic rings. The van der Waals surface area contributed by atoms with Gasteiger partial charge in [-0.05, 0) is 17.7 Å². The van der Waals surface area contributed by atoms with Crippen LogP contribution in [-0.2, 0) is 6.42 Å². The number of pyridine rings is 1. The van der Waals surface area contributed by atoms with E-state index in [0.29, 0.717) is 0 Å². The van der Waals surface area contributed by atoms with Gasteiger partial charge < -0.3 is 9.51 Å². The maximum atomic E-state index is 9.42. The van der Waals surface area contributed by atoms with Crippen LogP contribution < -0.4 is 0 Å². The van der Waals surface area contributed by atoms with E-state index in [9.17, 15) is 5.11 Å². The van der Waals surface area contributed by atoms with Crippen LogP contribution in [0, 0.1) is 0 Å². The molecule has 0 aliphatic carbocycles. The van der Waals surface area contributed by atoms with E-state index in [2.05, 4.69) is 27.0 Å². The monoisotopic (exact) mass is 302 g/mol. The highest BCUT2D eigenvalue weighted by molar-refractivity contribution is 9.10. The molecule has 0 bridgehead atoms. The van der Waals surface area contributed by atoms with Crippen molar-refractivity contribution in [2.45, 2.75) is 6.42 Å². The Balaban J connectivity index is 2.03. The van der Waals surface area contributed by atoms with Crippen LogP contribution in [0.2, 0.25) is 0 Å². The lowest BCUT2D eigenvalue weighted by molar-refractivity contribution is 0.475. The summed E-state index contributed by atoms with van der Waals surface area (Å²) in [6.07, 6.45) is 4.36. The molecule has 3 nitrogen and oxygen atoms in total. The third kappa shape index (κ3) is 1.99. The molecule has 0 unspecified atom stereocenters. The van der Waals surface area contributed by atoms with Crippen molar-refractivity contribution in [3.63, 3.8) is 0 Å². The standard InChI is InChI=1S/C14H11BrN2O/c15-13-4-2-1-3-10(13)7-14-16-9-11-8-12(18)5-6-17(11)14/h1-6,8-9,18H,7H2. The number of halogens is 1. The Morgan fingerprint density at radius 3 is 2.89 bits per heavy atom. The van der Waals surface area contributed by atoms with Crippen LogP contribution in [0.15, 0.2) is 53.3 Å². The van der Waals surface area contributed by atoms with Gasteiger partial charge >= 0.3 is 0 Å². The molecule has 3 rings (SSSR count). The molecule has 0 fully saturated rings. The van der Waals surface area contributed by atoms with Crippen LogP contribution in [0.4, 0.5) is 0 Å². The van der Waals surface area contributed by atoms with Crippen molar-refractivity contribution in [2.24, 2.45) is 0 Å². The van der Waals surface area contributed by atoms with Crippen LogP contribution in [-0.4, -0.2) is 14.5 Å². The van der Waals surface area contributed by atoms with Gasteiger partial charge in [0.15, 0.2) is 0 Å². The lowest BCUT2D eigenvalue weighted by atomic mass is 10.1. The highest BCUT2D eigenvalue weighted by Crippen LogP contribution is 2.21. The zero-order valence-corrected chi connectivity index (χ0v) is 11.1. The molecule has 0 saturated carbocycles. The molecule has 0 spiro atoms. The van der Waals surface area contributed by atoms with E-state index < -0.39 is 0 Å². The number of hydrogen-bond acceptors (Lipinski definition) is 2. The fraction of sp³-hybridized carbons (Fsp3) is 0.0714. The highest BCUT2D eigenvalue weighted by Gasteiger charge is 2.07. The molecule has 0 amide bonds. The molecular weight excluding hydrogens is 292 g/mol. The topological polar surface area (TPSA) is 37.5 Å². The summed E-state index contributed by atoms with van der Waals surface area (Å²) in [5.41, 5.74) is 2.09. The Bertz CT molecular complexity index is 706. The summed E-state index contributed by atoms with van der Waals surface area (Å²) < 4.78 is 3.07. The highest BCUT2D eigenvalue weighted by atomic mass is 79.9. The normalized spacial score (nSPS) is 10.9. The van der Waals surface area contributed by atoms with E-state index >= 15 is 0 Å². The van der Waals surface area contributed by atoms with E-state index in [0.717, 1.165) is 22.2 Å². The van der Waals surface area contributed by atoms with Gasteiger partial charge in [0, 0.05) is 23.2 Å². The molecule has 2 heterocycles. The van der Waals surface area contributed by atoms with Crippen molar-refractivity contribution in [2.75, 3.05) is 0 Å². The lowest BCUT2D eigenvalue weighted by Crippen LogP contribution is -1.96. The predicted octanol–water partition coefficient (Wildman–Crippen LogP) is 3.39. The van der Waals surface area contributed by atoms with Crippen molar-refractivity contribution in [3.05, 3.63) is 64.7 Å². The summed E-state index contributed by atoms with van der Waals surface area (Å²) in [5.74, 6) is 1.21. The number of benzene rings is 1. The van der Waals surface area contributed by atoms with E-state index in [1.807, 2.05) is 28.8 Å². The van der Waals surface area contributed by atoms with Crippen LogP contribution in [0.5, 0.6) is 5.75 Å². The fourth-order valence-corrected chi connectivity index (χ4v) is 2.41. The summed E-state index contributed by atoms with van der Waals surface area (Å²) in [7, 11) is 0. The molecule has 18 heavy (non-hydrogen) atoms. The van der Waals surface area contributed by atoms with E-state index in [4.69, 9.17) is 0 Å². The van der Waals surface area contributed by atoms with Crippen molar-refractivity contribution in [1.82, 2.24) is 9.38 Å². The summed E-state index contributed by atoms with van der Waals surface area (Å²) in [4.78, 5) is 4.40. The van der Waals surface area contributed by atoms with Gasteiger partial charge in [-0.25, -0.2) is 4.98 Å². The van der Waals surface area contributed by atoms with Crippen molar-refractivity contribution < 1.29 is 5.11 Å². The second-order valence-electron chi connectivity index (χ2n) is 4.12. The Labute approximate surface area is 113 Å². The maximum absolute atomic E-state index is 9.42. The van der Waals surface area contributed by atoms with Gasteiger partial charge in [-0.1, -0.05) is 34.1 Å². The molecule has 0 radical (unpaired) electrons. The molecule has 0 aliphatic heterocycles. The van der Waals surface area contributed by atoms with Gasteiger partial charge in [-0.15, -0.1) is 0 Å². The Hall–Kier alpha value is -1.81. The van der Waals surface area contributed by atoms with Gasteiger partial charge in [0.05, 0.1) is 11.7 Å². The predicted molar refractivity (Wildman–Crippen MR) is 73.8 cm³/mol. The first kappa shape index (κ1) is 11.3. The first-order chi connectivity index (χ1) is 8.74. The summed E-state index contributed by atoms with van der Waals surface area (Å²) >= 11 is 3.54. The second kappa shape index (κ2) is 4.46. The van der Waals surface area contributed by atoms with Crippen molar-refractivity contribution in [3.8, 4) is 5.75 Å². The molecule has 0 atom stereocenters. The zero-order valence-electron chi connectivity index (χ0n) is 9.55. The fourth-order valence-electron chi connectivity index (χ4n) is 1.99. The summed E-state index contributed by atoms with van der Waals surface area (Å²) in [5, 5.41) is 9.42. The average Bonchev–Trinajstić information content (AvgIpc) is 2.74. The van der Waals surface area contributed by atoms with E-state index in [-0.39, 0.29) is 5.75 Å². The number of fused-ring (bicyclic) bond motifs is 1. The third-order valence-corrected chi connectivity index (χ3v) is 3.67. The molecule has 0 saturated heterocycles. The number of hydrogen-bond donors (Lipinski definition) is 1. The van der Waals surface area contributed by atoms with Gasteiger partial charge in [-0.3, -0.25) is 0 Å². The number of imidazole rings is 1. The molecule has 90 valence electrons.